The highest BCUT2D eigenvalue weighted by Crippen LogP contribution is 2.46. The second-order valence-corrected chi connectivity index (χ2v) is 7.82. The number of hydrogen-bond acceptors (Lipinski definition) is 7. The van der Waals surface area contributed by atoms with E-state index in [-0.39, 0.29) is 23.8 Å². The SMILES string of the molecule is CO[C@@]1(NC(=O)Cc2cccs2)C(=O)N2C(C(=O)O)=C(C=CC#N)CS[C@H]21. The molecule has 2 N–H and O–H groups in total. The summed E-state index contributed by atoms with van der Waals surface area (Å²) in [7, 11) is 1.30. The third-order valence-corrected chi connectivity index (χ3v) is 6.40. The summed E-state index contributed by atoms with van der Waals surface area (Å²) in [4.78, 5) is 38.8. The summed E-state index contributed by atoms with van der Waals surface area (Å²) < 4.78 is 5.36. The monoisotopic (exact) mass is 405 g/mol. The number of nitriles is 1. The van der Waals surface area contributed by atoms with Crippen molar-refractivity contribution in [2.24, 2.45) is 0 Å². The van der Waals surface area contributed by atoms with Crippen molar-refractivity contribution < 1.29 is 24.2 Å². The fraction of sp³-hybridized carbons (Fsp3) is 0.294. The van der Waals surface area contributed by atoms with Crippen LogP contribution in [0, 0.1) is 11.3 Å². The first-order valence-electron chi connectivity index (χ1n) is 7.81. The van der Waals surface area contributed by atoms with Gasteiger partial charge in [0.1, 0.15) is 11.1 Å². The van der Waals surface area contributed by atoms with E-state index in [1.54, 1.807) is 6.07 Å². The smallest absolute Gasteiger partial charge is 0.352 e. The number of hydrogen-bond donors (Lipinski definition) is 2. The first-order valence-corrected chi connectivity index (χ1v) is 9.74. The minimum atomic E-state index is -1.61. The zero-order chi connectivity index (χ0) is 19.6. The Bertz CT molecular complexity index is 887. The summed E-state index contributed by atoms with van der Waals surface area (Å²) in [6.45, 7) is 0. The number of fused-ring (bicyclic) bond motifs is 1. The summed E-state index contributed by atoms with van der Waals surface area (Å²) in [5, 5.41) is 22.0. The molecule has 8 nitrogen and oxygen atoms in total. The summed E-state index contributed by atoms with van der Waals surface area (Å²) in [5.74, 6) is -2.05. The molecular weight excluding hydrogens is 390 g/mol. The van der Waals surface area contributed by atoms with Crippen LogP contribution in [0.4, 0.5) is 0 Å². The maximum absolute atomic E-state index is 12.8. The van der Waals surface area contributed by atoms with Crippen LogP contribution >= 0.6 is 23.1 Å². The molecule has 0 aliphatic carbocycles. The molecule has 27 heavy (non-hydrogen) atoms. The number of aliphatic carboxylic acids is 1. The molecule has 1 saturated heterocycles. The van der Waals surface area contributed by atoms with Gasteiger partial charge in [0.05, 0.1) is 12.5 Å². The summed E-state index contributed by atoms with van der Waals surface area (Å²) in [6.07, 6.45) is 2.64. The Hall–Kier alpha value is -2.61. The first kappa shape index (κ1) is 19.2. The van der Waals surface area contributed by atoms with Crippen molar-refractivity contribution in [1.29, 1.82) is 5.26 Å². The lowest BCUT2D eigenvalue weighted by Crippen LogP contribution is -2.80. The number of carboxylic acid groups (broad SMARTS) is 1. The minimum Gasteiger partial charge on any atom is -0.477 e. The number of thioether (sulfide) groups is 1. The number of thiophene rings is 1. The normalized spacial score (nSPS) is 24.4. The van der Waals surface area contributed by atoms with Crippen molar-refractivity contribution in [3.63, 3.8) is 0 Å². The number of carboxylic acids is 1. The fourth-order valence-electron chi connectivity index (χ4n) is 2.99. The van der Waals surface area contributed by atoms with Gasteiger partial charge in [0.15, 0.2) is 0 Å². The predicted octanol–water partition coefficient (Wildman–Crippen LogP) is 1.08. The maximum atomic E-state index is 12.8. The molecule has 0 unspecified atom stereocenters. The van der Waals surface area contributed by atoms with Gasteiger partial charge in [-0.1, -0.05) is 6.07 Å². The molecule has 1 aromatic rings. The molecule has 2 aliphatic heterocycles. The standard InChI is InChI=1S/C17H15N3O5S2/c1-25-17(19-12(21)8-11-5-3-7-26-11)15(24)20-13(14(22)23)10(4-2-6-18)9-27-16(17)20/h2-5,7,16H,8-9H2,1H3,(H,19,21)(H,22,23)/t16-,17-/m0/s1. The lowest BCUT2D eigenvalue weighted by molar-refractivity contribution is -0.192. The number of nitrogens with zero attached hydrogens (tertiary/aromatic N) is 2. The van der Waals surface area contributed by atoms with E-state index in [4.69, 9.17) is 10.00 Å². The number of ether oxygens (including phenoxy) is 1. The van der Waals surface area contributed by atoms with Gasteiger partial charge in [-0.15, -0.1) is 23.1 Å². The van der Waals surface area contributed by atoms with Crippen LogP contribution in [0.5, 0.6) is 0 Å². The first-order chi connectivity index (χ1) is 12.9. The molecule has 0 spiro atoms. The number of carbonyl (C=O) groups is 3. The van der Waals surface area contributed by atoms with Crippen molar-refractivity contribution >= 4 is 40.9 Å². The molecule has 3 rings (SSSR count). The van der Waals surface area contributed by atoms with E-state index < -0.39 is 23.0 Å². The van der Waals surface area contributed by atoms with Gasteiger partial charge in [-0.05, 0) is 23.1 Å². The number of β-lactam (4-membered cyclic amide) rings is 1. The van der Waals surface area contributed by atoms with Crippen LogP contribution in [-0.2, 0) is 25.5 Å². The fourth-order valence-corrected chi connectivity index (χ4v) is 5.11. The van der Waals surface area contributed by atoms with Crippen LogP contribution < -0.4 is 5.32 Å². The Morgan fingerprint density at radius 2 is 2.37 bits per heavy atom. The second-order valence-electron chi connectivity index (χ2n) is 5.72. The number of amides is 2. The summed E-state index contributed by atoms with van der Waals surface area (Å²) in [6, 6.07) is 5.44. The lowest BCUT2D eigenvalue weighted by Gasteiger charge is -2.55. The summed E-state index contributed by atoms with van der Waals surface area (Å²) >= 11 is 2.69. The van der Waals surface area contributed by atoms with Crippen molar-refractivity contribution in [2.45, 2.75) is 17.5 Å². The molecule has 2 aliphatic rings. The van der Waals surface area contributed by atoms with E-state index in [1.807, 2.05) is 17.5 Å². The van der Waals surface area contributed by atoms with E-state index in [1.165, 1.54) is 36.3 Å². The van der Waals surface area contributed by atoms with Gasteiger partial charge in [-0.3, -0.25) is 14.5 Å². The molecule has 2 atom stereocenters. The van der Waals surface area contributed by atoms with E-state index in [0.717, 1.165) is 15.9 Å². The highest BCUT2D eigenvalue weighted by molar-refractivity contribution is 8.00. The van der Waals surface area contributed by atoms with Crippen molar-refractivity contribution in [3.05, 3.63) is 45.8 Å². The number of allylic oxidation sites excluding steroid dienone is 2. The number of methoxy groups -OCH3 is 1. The van der Waals surface area contributed by atoms with Crippen LogP contribution in [-0.4, -0.2) is 51.8 Å². The molecule has 10 heteroatoms. The largest absolute Gasteiger partial charge is 0.477 e. The Labute approximate surface area is 163 Å². The molecule has 1 aromatic heterocycles. The van der Waals surface area contributed by atoms with Crippen LogP contribution in [0.15, 0.2) is 40.9 Å². The van der Waals surface area contributed by atoms with Gasteiger partial charge >= 0.3 is 5.97 Å². The Kier molecular flexibility index (Phi) is 5.36. The highest BCUT2D eigenvalue weighted by Gasteiger charge is 2.66. The topological polar surface area (TPSA) is 120 Å². The van der Waals surface area contributed by atoms with Crippen LogP contribution in [0.2, 0.25) is 0 Å². The number of carbonyl (C=O) groups excluding carboxylic acids is 2. The van der Waals surface area contributed by atoms with Crippen molar-refractivity contribution in [1.82, 2.24) is 10.2 Å². The van der Waals surface area contributed by atoms with Gasteiger partial charge in [0.25, 0.3) is 11.6 Å². The quantitative estimate of drug-likeness (QED) is 0.413. The van der Waals surface area contributed by atoms with E-state index in [9.17, 15) is 19.5 Å². The average molecular weight is 405 g/mol. The minimum absolute atomic E-state index is 0.102. The highest BCUT2D eigenvalue weighted by atomic mass is 32.2. The third-order valence-electron chi connectivity index (χ3n) is 4.18. The second kappa shape index (κ2) is 7.56. The molecule has 1 fully saturated rings. The molecule has 0 saturated carbocycles. The molecule has 0 bridgehead atoms. The van der Waals surface area contributed by atoms with Gasteiger partial charge in [0.2, 0.25) is 5.91 Å². The van der Waals surface area contributed by atoms with Crippen LogP contribution in [0.3, 0.4) is 0 Å². The average Bonchev–Trinajstić information content (AvgIpc) is 3.15. The molecule has 0 radical (unpaired) electrons. The molecule has 140 valence electrons. The Balaban J connectivity index is 1.85. The van der Waals surface area contributed by atoms with Gasteiger partial charge < -0.3 is 15.2 Å². The lowest BCUT2D eigenvalue weighted by atomic mass is 9.97. The molecule has 2 amide bonds. The van der Waals surface area contributed by atoms with Crippen LogP contribution in [0.25, 0.3) is 0 Å². The Morgan fingerprint density at radius 3 is 2.96 bits per heavy atom. The molecule has 3 heterocycles. The third kappa shape index (κ3) is 3.25. The van der Waals surface area contributed by atoms with Gasteiger partial charge in [-0.2, -0.15) is 5.26 Å². The van der Waals surface area contributed by atoms with Crippen molar-refractivity contribution in [2.75, 3.05) is 12.9 Å². The number of nitrogens with one attached hydrogen (secondary N) is 1. The van der Waals surface area contributed by atoms with E-state index >= 15 is 0 Å². The van der Waals surface area contributed by atoms with Gasteiger partial charge in [-0.25, -0.2) is 4.79 Å². The van der Waals surface area contributed by atoms with E-state index in [2.05, 4.69) is 5.32 Å². The maximum Gasteiger partial charge on any atom is 0.352 e. The zero-order valence-corrected chi connectivity index (χ0v) is 15.8. The van der Waals surface area contributed by atoms with Crippen molar-refractivity contribution in [3.8, 4) is 6.07 Å². The predicted molar refractivity (Wildman–Crippen MR) is 98.4 cm³/mol. The van der Waals surface area contributed by atoms with E-state index in [0.29, 0.717) is 5.57 Å². The Morgan fingerprint density at radius 1 is 1.59 bits per heavy atom. The molecular formula is C17H15N3O5S2. The van der Waals surface area contributed by atoms with Crippen LogP contribution in [0.1, 0.15) is 4.88 Å². The molecule has 0 aromatic carbocycles. The van der Waals surface area contributed by atoms with Gasteiger partial charge in [0, 0.05) is 23.8 Å². The zero-order valence-electron chi connectivity index (χ0n) is 14.2. The number of rotatable bonds is 6. The summed E-state index contributed by atoms with van der Waals surface area (Å²) in [5.41, 5.74) is -1.45.